The number of urea groups is 1. The fraction of sp³-hybridized carbons (Fsp3) is 0.333. The van der Waals surface area contributed by atoms with E-state index in [0.29, 0.717) is 11.4 Å². The second-order valence-electron chi connectivity index (χ2n) is 5.09. The van der Waals surface area contributed by atoms with Gasteiger partial charge >= 0.3 is 6.03 Å². The highest BCUT2D eigenvalue weighted by atomic mass is 35.5. The molecule has 118 valence electrons. The van der Waals surface area contributed by atoms with Gasteiger partial charge in [-0.3, -0.25) is 4.68 Å². The van der Waals surface area contributed by atoms with Gasteiger partial charge in [0.05, 0.1) is 22.6 Å². The molecule has 0 fully saturated rings. The van der Waals surface area contributed by atoms with Crippen molar-refractivity contribution in [2.75, 3.05) is 10.6 Å². The van der Waals surface area contributed by atoms with Gasteiger partial charge < -0.3 is 15.7 Å². The highest BCUT2D eigenvalue weighted by molar-refractivity contribution is 6.32. The maximum atomic E-state index is 12.0. The van der Waals surface area contributed by atoms with Gasteiger partial charge in [-0.25, -0.2) is 4.79 Å². The van der Waals surface area contributed by atoms with E-state index >= 15 is 0 Å². The number of carbonyl (C=O) groups is 1. The smallest absolute Gasteiger partial charge is 0.323 e. The molecule has 1 heterocycles. The molecule has 22 heavy (non-hydrogen) atoms. The molecule has 1 aromatic heterocycles. The van der Waals surface area contributed by atoms with Crippen molar-refractivity contribution in [3.63, 3.8) is 0 Å². The Labute approximate surface area is 134 Å². The molecule has 2 amide bonds. The molecule has 0 spiro atoms. The van der Waals surface area contributed by atoms with Crippen LogP contribution in [0.5, 0.6) is 5.75 Å². The van der Waals surface area contributed by atoms with E-state index in [1.54, 1.807) is 12.3 Å². The number of aromatic nitrogens is 2. The van der Waals surface area contributed by atoms with E-state index in [1.165, 1.54) is 12.1 Å². The maximum absolute atomic E-state index is 12.0. The summed E-state index contributed by atoms with van der Waals surface area (Å²) in [4.78, 5) is 12.0. The summed E-state index contributed by atoms with van der Waals surface area (Å²) >= 11 is 5.80. The topological polar surface area (TPSA) is 79.2 Å². The summed E-state index contributed by atoms with van der Waals surface area (Å²) in [6.07, 6.45) is 2.59. The van der Waals surface area contributed by atoms with E-state index < -0.39 is 6.03 Å². The fourth-order valence-electron chi connectivity index (χ4n) is 2.03. The Bertz CT molecular complexity index is 684. The second kappa shape index (κ2) is 6.70. The van der Waals surface area contributed by atoms with Gasteiger partial charge in [0, 0.05) is 11.7 Å². The van der Waals surface area contributed by atoms with Crippen molar-refractivity contribution in [1.29, 1.82) is 0 Å². The molecule has 2 rings (SSSR count). The molecule has 0 radical (unpaired) electrons. The molecule has 0 bridgehead atoms. The first kappa shape index (κ1) is 16.2. The summed E-state index contributed by atoms with van der Waals surface area (Å²) in [7, 11) is 0. The third-order valence-electron chi connectivity index (χ3n) is 3.51. The van der Waals surface area contributed by atoms with Crippen LogP contribution >= 0.6 is 11.6 Å². The highest BCUT2D eigenvalue weighted by Gasteiger charge is 2.13. The molecule has 1 aromatic carbocycles. The minimum absolute atomic E-state index is 0.0294. The number of nitrogens with zero attached hydrogens (tertiary/aromatic N) is 2. The molecule has 3 N–H and O–H groups in total. The highest BCUT2D eigenvalue weighted by Crippen LogP contribution is 2.26. The third-order valence-corrected chi connectivity index (χ3v) is 3.81. The zero-order valence-electron chi connectivity index (χ0n) is 12.7. The number of phenols is 1. The summed E-state index contributed by atoms with van der Waals surface area (Å²) in [6, 6.07) is 4.34. The van der Waals surface area contributed by atoms with Crippen molar-refractivity contribution < 1.29 is 9.90 Å². The number of benzene rings is 1. The van der Waals surface area contributed by atoms with Crippen LogP contribution in [0.1, 0.15) is 32.0 Å². The van der Waals surface area contributed by atoms with Crippen LogP contribution < -0.4 is 10.6 Å². The Morgan fingerprint density at radius 2 is 2.18 bits per heavy atom. The van der Waals surface area contributed by atoms with Crippen LogP contribution in [-0.2, 0) is 0 Å². The van der Waals surface area contributed by atoms with Crippen LogP contribution in [0.2, 0.25) is 5.02 Å². The van der Waals surface area contributed by atoms with Gasteiger partial charge in [-0.1, -0.05) is 18.5 Å². The minimum atomic E-state index is -0.395. The van der Waals surface area contributed by atoms with Crippen molar-refractivity contribution in [3.8, 4) is 5.75 Å². The molecule has 0 aliphatic heterocycles. The lowest BCUT2D eigenvalue weighted by atomic mass is 10.2. The van der Waals surface area contributed by atoms with E-state index in [2.05, 4.69) is 29.6 Å². The number of carbonyl (C=O) groups excluding carboxylic acids is 1. The van der Waals surface area contributed by atoms with Gasteiger partial charge in [-0.15, -0.1) is 0 Å². The van der Waals surface area contributed by atoms with Crippen LogP contribution in [0, 0.1) is 6.92 Å². The zero-order chi connectivity index (χ0) is 16.3. The van der Waals surface area contributed by atoms with Crippen molar-refractivity contribution in [2.24, 2.45) is 0 Å². The Morgan fingerprint density at radius 1 is 1.45 bits per heavy atom. The third kappa shape index (κ3) is 3.51. The summed E-state index contributed by atoms with van der Waals surface area (Å²) in [5, 5.41) is 19.2. The lowest BCUT2D eigenvalue weighted by molar-refractivity contribution is 0.262. The number of amides is 2. The number of hydrogen-bond acceptors (Lipinski definition) is 3. The minimum Gasteiger partial charge on any atom is -0.506 e. The molecule has 0 saturated carbocycles. The zero-order valence-corrected chi connectivity index (χ0v) is 13.5. The van der Waals surface area contributed by atoms with Crippen LogP contribution in [0.3, 0.4) is 0 Å². The Balaban J connectivity index is 2.06. The first-order chi connectivity index (χ1) is 10.4. The molecular weight excluding hydrogens is 304 g/mol. The fourth-order valence-corrected chi connectivity index (χ4v) is 2.21. The van der Waals surface area contributed by atoms with Crippen LogP contribution in [-0.4, -0.2) is 20.9 Å². The molecule has 6 nitrogen and oxygen atoms in total. The maximum Gasteiger partial charge on any atom is 0.323 e. The summed E-state index contributed by atoms with van der Waals surface area (Å²) in [5.41, 5.74) is 2.04. The quantitative estimate of drug-likeness (QED) is 0.739. The summed E-state index contributed by atoms with van der Waals surface area (Å²) < 4.78 is 1.88. The standard InChI is InChI=1S/C15H19ClN4O2/c1-4-9(2)20-10(3)13(8-17-20)19-15(22)18-11-5-6-14(21)12(16)7-11/h5-9,21H,4H2,1-3H3,(H2,18,19,22). The molecule has 2 aromatic rings. The van der Waals surface area contributed by atoms with E-state index in [4.69, 9.17) is 11.6 Å². The van der Waals surface area contributed by atoms with Crippen LogP contribution in [0.4, 0.5) is 16.2 Å². The van der Waals surface area contributed by atoms with Crippen molar-refractivity contribution in [1.82, 2.24) is 9.78 Å². The molecule has 0 saturated heterocycles. The Kier molecular flexibility index (Phi) is 4.92. The van der Waals surface area contributed by atoms with Crippen molar-refractivity contribution in [3.05, 3.63) is 35.1 Å². The summed E-state index contributed by atoms with van der Waals surface area (Å²) in [5.74, 6) is -0.0294. The van der Waals surface area contributed by atoms with Gasteiger partial charge in [0.2, 0.25) is 0 Å². The van der Waals surface area contributed by atoms with Gasteiger partial charge in [0.1, 0.15) is 5.75 Å². The molecular formula is C15H19ClN4O2. The lowest BCUT2D eigenvalue weighted by Crippen LogP contribution is -2.20. The normalized spacial score (nSPS) is 12.0. The number of anilines is 2. The number of halogens is 1. The first-order valence-corrected chi connectivity index (χ1v) is 7.40. The predicted molar refractivity (Wildman–Crippen MR) is 87.7 cm³/mol. The first-order valence-electron chi connectivity index (χ1n) is 7.03. The number of nitrogens with one attached hydrogen (secondary N) is 2. The monoisotopic (exact) mass is 322 g/mol. The number of aromatic hydroxyl groups is 1. The molecule has 1 unspecified atom stereocenters. The van der Waals surface area contributed by atoms with Crippen molar-refractivity contribution >= 4 is 29.0 Å². The van der Waals surface area contributed by atoms with Gasteiger partial charge in [-0.05, 0) is 38.5 Å². The second-order valence-corrected chi connectivity index (χ2v) is 5.50. The van der Waals surface area contributed by atoms with Gasteiger partial charge in [-0.2, -0.15) is 5.10 Å². The Hall–Kier alpha value is -2.21. The van der Waals surface area contributed by atoms with E-state index in [1.807, 2.05) is 11.6 Å². The van der Waals surface area contributed by atoms with Gasteiger partial charge in [0.15, 0.2) is 0 Å². The van der Waals surface area contributed by atoms with E-state index in [-0.39, 0.29) is 16.8 Å². The summed E-state index contributed by atoms with van der Waals surface area (Å²) in [6.45, 7) is 6.06. The van der Waals surface area contributed by atoms with Crippen LogP contribution in [0.25, 0.3) is 0 Å². The van der Waals surface area contributed by atoms with Crippen molar-refractivity contribution in [2.45, 2.75) is 33.2 Å². The average molecular weight is 323 g/mol. The average Bonchev–Trinajstić information content (AvgIpc) is 2.83. The van der Waals surface area contributed by atoms with Gasteiger partial charge in [0.25, 0.3) is 0 Å². The van der Waals surface area contributed by atoms with Crippen LogP contribution in [0.15, 0.2) is 24.4 Å². The molecule has 1 atom stereocenters. The van der Waals surface area contributed by atoms with E-state index in [9.17, 15) is 9.90 Å². The molecule has 0 aliphatic carbocycles. The predicted octanol–water partition coefficient (Wildman–Crippen LogP) is 4.17. The number of rotatable bonds is 4. The molecule has 0 aliphatic rings. The number of hydrogen-bond donors (Lipinski definition) is 3. The Morgan fingerprint density at radius 3 is 2.82 bits per heavy atom. The number of phenolic OH excluding ortho intramolecular Hbond substituents is 1. The SMILES string of the molecule is CCC(C)n1ncc(NC(=O)Nc2ccc(O)c(Cl)c2)c1C. The lowest BCUT2D eigenvalue weighted by Gasteiger charge is -2.12. The molecule has 7 heteroatoms. The largest absolute Gasteiger partial charge is 0.506 e. The van der Waals surface area contributed by atoms with E-state index in [0.717, 1.165) is 12.1 Å².